The molecule has 0 aliphatic rings. The van der Waals surface area contributed by atoms with Crippen molar-refractivity contribution in [2.75, 3.05) is 40.9 Å². The van der Waals surface area contributed by atoms with Crippen LogP contribution in [-0.2, 0) is 18.4 Å². The first-order chi connectivity index (χ1) is 45.0. The van der Waals surface area contributed by atoms with Crippen LogP contribution < -0.4 is 5.32 Å². The van der Waals surface area contributed by atoms with Gasteiger partial charge in [-0.25, -0.2) is 4.57 Å². The number of aliphatic hydroxyl groups excluding tert-OH is 1. The van der Waals surface area contributed by atoms with Gasteiger partial charge in [-0.15, -0.1) is 0 Å². The summed E-state index contributed by atoms with van der Waals surface area (Å²) in [7, 11) is 1.59. The largest absolute Gasteiger partial charge is 0.472 e. The van der Waals surface area contributed by atoms with Crippen LogP contribution in [0.2, 0.25) is 0 Å². The topological polar surface area (TPSA) is 105 Å². The first-order valence-electron chi connectivity index (χ1n) is 40.7. The van der Waals surface area contributed by atoms with E-state index < -0.39 is 20.0 Å². The molecule has 0 aromatic heterocycles. The number of rotatable bonds is 76. The SMILES string of the molecule is CC/C=C\C/C=C\C/C=C\C/C=C\CCCCCCCCCCCCCCCCCCCCCCCCCCCCCCC(=O)NC(COP(=O)(O)OCC[N+](C)(C)C)C(O)/C=C/CCCCCCCCCCCCCCCCCCCCCCCCCCCCC. The van der Waals surface area contributed by atoms with Gasteiger partial charge in [0.05, 0.1) is 39.9 Å². The van der Waals surface area contributed by atoms with Gasteiger partial charge in [0.1, 0.15) is 13.2 Å². The van der Waals surface area contributed by atoms with Crippen LogP contribution in [0.15, 0.2) is 60.8 Å². The van der Waals surface area contributed by atoms with Gasteiger partial charge in [-0.3, -0.25) is 13.8 Å². The van der Waals surface area contributed by atoms with Gasteiger partial charge in [0.2, 0.25) is 5.91 Å². The molecule has 3 unspecified atom stereocenters. The summed E-state index contributed by atoms with van der Waals surface area (Å²) in [6.07, 6.45) is 103. The molecule has 0 aromatic rings. The number of phosphoric ester groups is 1. The summed E-state index contributed by atoms with van der Waals surface area (Å²) in [6.45, 7) is 4.77. The van der Waals surface area contributed by atoms with E-state index in [1.54, 1.807) is 6.08 Å². The molecule has 0 radical (unpaired) electrons. The highest BCUT2D eigenvalue weighted by atomic mass is 31.2. The van der Waals surface area contributed by atoms with E-state index in [0.717, 1.165) is 57.8 Å². The Kier molecular flexibility index (Phi) is 72.0. The number of amides is 1. The van der Waals surface area contributed by atoms with E-state index in [-0.39, 0.29) is 19.1 Å². The van der Waals surface area contributed by atoms with Crippen LogP contribution >= 0.6 is 7.82 Å². The Labute approximate surface area is 574 Å². The van der Waals surface area contributed by atoms with Crippen molar-refractivity contribution >= 4 is 13.7 Å². The first-order valence-corrected chi connectivity index (χ1v) is 42.2. The molecule has 0 aliphatic carbocycles. The predicted molar refractivity (Wildman–Crippen MR) is 406 cm³/mol. The standard InChI is InChI=1S/C83H159N2O6P/c1-6-8-10-12-14-16-18-20-22-24-26-28-30-32-34-36-37-38-39-40-41-42-43-44-45-46-47-49-51-53-55-57-59-61-63-65-67-69-71-73-75-77-83(87)84-81(80-91-92(88,89)90-79-78-85(3,4)5)82(86)76-74-72-70-68-66-64-62-60-58-56-54-52-50-48-35-33-31-29-27-25-23-21-19-17-15-13-11-9-7-2/h8,10,14,16,20,22,26,28,74,76,81-82,86H,6-7,9,11-13,15,17-19,21,23-25,27,29-73,75,77-80H2,1-5H3,(H-,84,87,88,89)/p+1/b10-8-,16-14-,22-20-,28-26-,76-74+. The second-order valence-electron chi connectivity index (χ2n) is 29.1. The average molecular weight is 1310 g/mol. The molecule has 0 aliphatic heterocycles. The highest BCUT2D eigenvalue weighted by Crippen LogP contribution is 2.43. The Morgan fingerprint density at radius 2 is 0.652 bits per heavy atom. The molecule has 0 aromatic carbocycles. The number of carbonyl (C=O) groups excluding carboxylic acids is 1. The molecule has 0 rings (SSSR count). The van der Waals surface area contributed by atoms with Crippen molar-refractivity contribution < 1.29 is 32.9 Å². The number of hydrogen-bond acceptors (Lipinski definition) is 5. The molecule has 1 amide bonds. The lowest BCUT2D eigenvalue weighted by molar-refractivity contribution is -0.870. The van der Waals surface area contributed by atoms with Crippen molar-refractivity contribution in [3.8, 4) is 0 Å². The molecule has 9 heteroatoms. The maximum Gasteiger partial charge on any atom is 0.472 e. The van der Waals surface area contributed by atoms with Crippen LogP contribution in [0.25, 0.3) is 0 Å². The van der Waals surface area contributed by atoms with Crippen LogP contribution in [0.5, 0.6) is 0 Å². The van der Waals surface area contributed by atoms with E-state index in [4.69, 9.17) is 9.05 Å². The highest BCUT2D eigenvalue weighted by molar-refractivity contribution is 7.47. The fourth-order valence-corrected chi connectivity index (χ4v) is 13.2. The minimum absolute atomic E-state index is 0.0636. The van der Waals surface area contributed by atoms with Crippen molar-refractivity contribution in [3.05, 3.63) is 60.8 Å². The third kappa shape index (κ3) is 75.6. The summed E-state index contributed by atoms with van der Waals surface area (Å²) < 4.78 is 23.9. The lowest BCUT2D eigenvalue weighted by atomic mass is 10.0. The number of likely N-dealkylation sites (N-methyl/N-ethyl adjacent to an activating group) is 1. The number of quaternary nitrogens is 1. The molecule has 0 heterocycles. The summed E-state index contributed by atoms with van der Waals surface area (Å²) in [4.78, 5) is 23.5. The van der Waals surface area contributed by atoms with E-state index in [9.17, 15) is 19.4 Å². The molecule has 0 spiro atoms. The van der Waals surface area contributed by atoms with Crippen LogP contribution in [-0.4, -0.2) is 73.4 Å². The Balaban J connectivity index is 3.91. The second kappa shape index (κ2) is 73.4. The molecule has 3 N–H and O–H groups in total. The van der Waals surface area contributed by atoms with Crippen molar-refractivity contribution in [1.82, 2.24) is 5.32 Å². The third-order valence-corrected chi connectivity index (χ3v) is 19.7. The average Bonchev–Trinajstić information content (AvgIpc) is 2.63. The predicted octanol–water partition coefficient (Wildman–Crippen LogP) is 26.7. The molecule has 0 bridgehead atoms. The number of nitrogens with one attached hydrogen (secondary N) is 1. The number of unbranched alkanes of at least 4 members (excludes halogenated alkanes) is 55. The molecule has 0 fully saturated rings. The first kappa shape index (κ1) is 90.2. The molecule has 3 atom stereocenters. The van der Waals surface area contributed by atoms with Gasteiger partial charge < -0.3 is 19.8 Å². The normalized spacial score (nSPS) is 13.8. The van der Waals surface area contributed by atoms with Crippen LogP contribution in [0.3, 0.4) is 0 Å². The minimum Gasteiger partial charge on any atom is -0.387 e. The molecular weight excluding hydrogens is 1150 g/mol. The summed E-state index contributed by atoms with van der Waals surface area (Å²) in [5.41, 5.74) is 0. The minimum atomic E-state index is -4.36. The molecule has 8 nitrogen and oxygen atoms in total. The smallest absolute Gasteiger partial charge is 0.387 e. The van der Waals surface area contributed by atoms with Crippen LogP contribution in [0, 0.1) is 0 Å². The van der Waals surface area contributed by atoms with Crippen LogP contribution in [0.1, 0.15) is 412 Å². The number of nitrogens with zero attached hydrogens (tertiary/aromatic N) is 1. The zero-order valence-corrected chi connectivity index (χ0v) is 63.2. The zero-order valence-electron chi connectivity index (χ0n) is 62.3. The maximum atomic E-state index is 13.1. The van der Waals surface area contributed by atoms with E-state index >= 15 is 0 Å². The van der Waals surface area contributed by atoms with Gasteiger partial charge in [-0.1, -0.05) is 408 Å². The zero-order chi connectivity index (χ0) is 66.9. The Bertz CT molecular complexity index is 1690. The number of aliphatic hydroxyl groups is 1. The van der Waals surface area contributed by atoms with Gasteiger partial charge in [0, 0.05) is 6.42 Å². The number of hydrogen-bond donors (Lipinski definition) is 3. The lowest BCUT2D eigenvalue weighted by Crippen LogP contribution is -2.45. The van der Waals surface area contributed by atoms with Crippen LogP contribution in [0.4, 0.5) is 0 Å². The fourth-order valence-electron chi connectivity index (χ4n) is 12.5. The third-order valence-electron chi connectivity index (χ3n) is 18.7. The molecule has 542 valence electrons. The van der Waals surface area contributed by atoms with Gasteiger partial charge in [-0.05, 0) is 57.8 Å². The van der Waals surface area contributed by atoms with Crippen molar-refractivity contribution in [3.63, 3.8) is 0 Å². The summed E-state index contributed by atoms with van der Waals surface area (Å²) in [5.74, 6) is -0.168. The van der Waals surface area contributed by atoms with E-state index in [1.807, 2.05) is 27.2 Å². The monoisotopic (exact) mass is 1310 g/mol. The van der Waals surface area contributed by atoms with E-state index in [2.05, 4.69) is 67.8 Å². The lowest BCUT2D eigenvalue weighted by Gasteiger charge is -2.25. The Hall–Kier alpha value is -1.80. The summed E-state index contributed by atoms with van der Waals surface area (Å²) in [6, 6.07) is -0.848. The number of carbonyl (C=O) groups is 1. The molecule has 92 heavy (non-hydrogen) atoms. The Morgan fingerprint density at radius 1 is 0.380 bits per heavy atom. The van der Waals surface area contributed by atoms with E-state index in [1.165, 1.54) is 334 Å². The highest BCUT2D eigenvalue weighted by Gasteiger charge is 2.28. The second-order valence-corrected chi connectivity index (χ2v) is 30.6. The van der Waals surface area contributed by atoms with Gasteiger partial charge in [0.15, 0.2) is 0 Å². The molecule has 0 saturated heterocycles. The van der Waals surface area contributed by atoms with Gasteiger partial charge in [-0.2, -0.15) is 0 Å². The molecular formula is C83H160N2O6P+. The summed E-state index contributed by atoms with van der Waals surface area (Å²) in [5, 5.41) is 14.1. The van der Waals surface area contributed by atoms with Gasteiger partial charge >= 0.3 is 7.82 Å². The maximum absolute atomic E-state index is 13.1. The molecule has 0 saturated carbocycles. The quantitative estimate of drug-likeness (QED) is 0.0243. The van der Waals surface area contributed by atoms with Gasteiger partial charge in [0.25, 0.3) is 0 Å². The summed E-state index contributed by atoms with van der Waals surface area (Å²) >= 11 is 0. The van der Waals surface area contributed by atoms with Crippen molar-refractivity contribution in [2.45, 2.75) is 424 Å². The van der Waals surface area contributed by atoms with Crippen molar-refractivity contribution in [1.29, 1.82) is 0 Å². The number of phosphoric acid groups is 1. The van der Waals surface area contributed by atoms with Crippen molar-refractivity contribution in [2.24, 2.45) is 0 Å². The Morgan fingerprint density at radius 3 is 0.957 bits per heavy atom. The fraction of sp³-hybridized carbons (Fsp3) is 0.867. The number of allylic oxidation sites excluding steroid dienone is 9. The van der Waals surface area contributed by atoms with E-state index in [0.29, 0.717) is 17.4 Å².